The van der Waals surface area contributed by atoms with Crippen molar-refractivity contribution in [3.8, 4) is 0 Å². The van der Waals surface area contributed by atoms with Gasteiger partial charge in [-0.25, -0.2) is 0 Å². The molecule has 1 atom stereocenters. The minimum absolute atomic E-state index is 0.107. The van der Waals surface area contributed by atoms with Crippen molar-refractivity contribution in [3.63, 3.8) is 0 Å². The van der Waals surface area contributed by atoms with E-state index in [-0.39, 0.29) is 11.8 Å². The van der Waals surface area contributed by atoms with E-state index in [1.165, 1.54) is 6.07 Å². The summed E-state index contributed by atoms with van der Waals surface area (Å²) in [4.78, 5) is 27.0. The standard InChI is InChI=1S/C16H18F3N3O2/c17-16(18,19)11-2-1-3-12(10-11)21-6-8-22(9-7-21)15(24)13-4-5-14(23)20-13/h1-3,10,13H,4-9H2,(H,20,23)/t13-/m0/s1. The Morgan fingerprint density at radius 2 is 1.88 bits per heavy atom. The van der Waals surface area contributed by atoms with Crippen molar-refractivity contribution in [2.24, 2.45) is 0 Å². The Kier molecular flexibility index (Phi) is 4.38. The van der Waals surface area contributed by atoms with Crippen LogP contribution in [0.2, 0.25) is 0 Å². The van der Waals surface area contributed by atoms with Crippen molar-refractivity contribution >= 4 is 17.5 Å². The molecular formula is C16H18F3N3O2. The van der Waals surface area contributed by atoms with E-state index in [1.807, 2.05) is 4.90 Å². The van der Waals surface area contributed by atoms with Crippen molar-refractivity contribution in [2.45, 2.75) is 25.1 Å². The lowest BCUT2D eigenvalue weighted by Crippen LogP contribution is -2.53. The van der Waals surface area contributed by atoms with Gasteiger partial charge >= 0.3 is 6.18 Å². The molecule has 2 heterocycles. The lowest BCUT2D eigenvalue weighted by Gasteiger charge is -2.37. The van der Waals surface area contributed by atoms with E-state index in [0.717, 1.165) is 12.1 Å². The van der Waals surface area contributed by atoms with Crippen LogP contribution in [0, 0.1) is 0 Å². The number of anilines is 1. The number of carbonyl (C=O) groups excluding carboxylic acids is 2. The van der Waals surface area contributed by atoms with Gasteiger partial charge in [0.25, 0.3) is 0 Å². The zero-order valence-electron chi connectivity index (χ0n) is 13.0. The van der Waals surface area contributed by atoms with E-state index in [2.05, 4.69) is 5.32 Å². The van der Waals surface area contributed by atoms with Crippen LogP contribution in [-0.2, 0) is 15.8 Å². The maximum Gasteiger partial charge on any atom is 0.416 e. The molecule has 0 saturated carbocycles. The van der Waals surface area contributed by atoms with Crippen molar-refractivity contribution in [3.05, 3.63) is 29.8 Å². The van der Waals surface area contributed by atoms with Gasteiger partial charge in [0.2, 0.25) is 11.8 Å². The summed E-state index contributed by atoms with van der Waals surface area (Å²) >= 11 is 0. The molecule has 8 heteroatoms. The fraction of sp³-hybridized carbons (Fsp3) is 0.500. The van der Waals surface area contributed by atoms with Crippen LogP contribution in [0.15, 0.2) is 24.3 Å². The summed E-state index contributed by atoms with van der Waals surface area (Å²) in [6, 6.07) is 4.76. The molecule has 2 aliphatic rings. The molecule has 2 saturated heterocycles. The zero-order valence-corrected chi connectivity index (χ0v) is 13.0. The Hall–Kier alpha value is -2.25. The molecule has 1 aromatic rings. The first-order valence-corrected chi connectivity index (χ1v) is 7.85. The molecule has 130 valence electrons. The molecule has 0 radical (unpaired) electrons. The lowest BCUT2D eigenvalue weighted by atomic mass is 10.1. The van der Waals surface area contributed by atoms with Gasteiger partial charge in [-0.1, -0.05) is 6.07 Å². The van der Waals surface area contributed by atoms with Gasteiger partial charge in [-0.05, 0) is 24.6 Å². The number of piperazine rings is 1. The highest BCUT2D eigenvalue weighted by Crippen LogP contribution is 2.31. The molecule has 0 spiro atoms. The molecule has 0 aromatic heterocycles. The van der Waals surface area contributed by atoms with Crippen molar-refractivity contribution in [1.29, 1.82) is 0 Å². The molecule has 0 bridgehead atoms. The first-order valence-electron chi connectivity index (χ1n) is 7.85. The number of hydrogen-bond acceptors (Lipinski definition) is 3. The molecule has 3 rings (SSSR count). The minimum Gasteiger partial charge on any atom is -0.368 e. The van der Waals surface area contributed by atoms with E-state index in [4.69, 9.17) is 0 Å². The number of nitrogens with one attached hydrogen (secondary N) is 1. The van der Waals surface area contributed by atoms with E-state index in [9.17, 15) is 22.8 Å². The van der Waals surface area contributed by atoms with Crippen LogP contribution in [-0.4, -0.2) is 48.9 Å². The summed E-state index contributed by atoms with van der Waals surface area (Å²) in [6.45, 7) is 1.80. The second-order valence-electron chi connectivity index (χ2n) is 6.02. The molecular weight excluding hydrogens is 323 g/mol. The maximum absolute atomic E-state index is 12.8. The van der Waals surface area contributed by atoms with E-state index < -0.39 is 17.8 Å². The van der Waals surface area contributed by atoms with Crippen LogP contribution in [0.25, 0.3) is 0 Å². The first-order chi connectivity index (χ1) is 11.3. The molecule has 1 aromatic carbocycles. The zero-order chi connectivity index (χ0) is 17.3. The first kappa shape index (κ1) is 16.6. The predicted molar refractivity (Wildman–Crippen MR) is 81.4 cm³/mol. The van der Waals surface area contributed by atoms with Crippen LogP contribution < -0.4 is 10.2 Å². The van der Waals surface area contributed by atoms with Gasteiger partial charge in [-0.2, -0.15) is 13.2 Å². The summed E-state index contributed by atoms with van der Waals surface area (Å²) in [6.07, 6.45) is -3.50. The van der Waals surface area contributed by atoms with Gasteiger partial charge in [0.1, 0.15) is 6.04 Å². The topological polar surface area (TPSA) is 52.7 Å². The average molecular weight is 341 g/mol. The number of rotatable bonds is 2. The quantitative estimate of drug-likeness (QED) is 0.890. The number of nitrogens with zero attached hydrogens (tertiary/aromatic N) is 2. The van der Waals surface area contributed by atoms with Crippen LogP contribution >= 0.6 is 0 Å². The second-order valence-corrected chi connectivity index (χ2v) is 6.02. The van der Waals surface area contributed by atoms with Crippen LogP contribution in [0.3, 0.4) is 0 Å². The monoisotopic (exact) mass is 341 g/mol. The molecule has 1 N–H and O–H groups in total. The van der Waals surface area contributed by atoms with Crippen LogP contribution in [0.5, 0.6) is 0 Å². The fourth-order valence-electron chi connectivity index (χ4n) is 3.08. The third-order valence-corrected chi connectivity index (χ3v) is 4.42. The van der Waals surface area contributed by atoms with Gasteiger partial charge in [0.05, 0.1) is 5.56 Å². The number of halogens is 3. The van der Waals surface area contributed by atoms with E-state index in [0.29, 0.717) is 44.7 Å². The third-order valence-electron chi connectivity index (χ3n) is 4.42. The van der Waals surface area contributed by atoms with Crippen molar-refractivity contribution in [2.75, 3.05) is 31.1 Å². The third kappa shape index (κ3) is 3.47. The molecule has 0 unspecified atom stereocenters. The Balaban J connectivity index is 1.61. The van der Waals surface area contributed by atoms with Gasteiger partial charge in [-0.15, -0.1) is 0 Å². The van der Waals surface area contributed by atoms with Crippen molar-refractivity contribution < 1.29 is 22.8 Å². The smallest absolute Gasteiger partial charge is 0.368 e. The number of benzene rings is 1. The summed E-state index contributed by atoms with van der Waals surface area (Å²) in [5.74, 6) is -0.222. The second kappa shape index (κ2) is 6.33. The highest BCUT2D eigenvalue weighted by Gasteiger charge is 2.33. The summed E-state index contributed by atoms with van der Waals surface area (Å²) in [7, 11) is 0. The number of hydrogen-bond donors (Lipinski definition) is 1. The normalized spacial score (nSPS) is 21.8. The highest BCUT2D eigenvalue weighted by atomic mass is 19.4. The van der Waals surface area contributed by atoms with Gasteiger partial charge < -0.3 is 15.1 Å². The Morgan fingerprint density at radius 1 is 1.17 bits per heavy atom. The SMILES string of the molecule is O=C1CC[C@@H](C(=O)N2CCN(c3cccc(C(F)(F)F)c3)CC2)N1. The maximum atomic E-state index is 12.8. The summed E-state index contributed by atoms with van der Waals surface area (Å²) in [5.41, 5.74) is -0.168. The van der Waals surface area contributed by atoms with Crippen molar-refractivity contribution in [1.82, 2.24) is 10.2 Å². The average Bonchev–Trinajstić information content (AvgIpc) is 3.00. The number of alkyl halides is 3. The number of carbonyl (C=O) groups is 2. The number of amides is 2. The molecule has 24 heavy (non-hydrogen) atoms. The molecule has 0 aliphatic carbocycles. The molecule has 2 fully saturated rings. The van der Waals surface area contributed by atoms with E-state index in [1.54, 1.807) is 11.0 Å². The minimum atomic E-state index is -4.37. The Labute approximate surface area is 137 Å². The molecule has 2 aliphatic heterocycles. The lowest BCUT2D eigenvalue weighted by molar-refractivity contribution is -0.137. The van der Waals surface area contributed by atoms with Crippen LogP contribution in [0.1, 0.15) is 18.4 Å². The van der Waals surface area contributed by atoms with Crippen LogP contribution in [0.4, 0.5) is 18.9 Å². The Bertz CT molecular complexity index is 640. The predicted octanol–water partition coefficient (Wildman–Crippen LogP) is 1.63. The van der Waals surface area contributed by atoms with Gasteiger partial charge in [-0.3, -0.25) is 9.59 Å². The summed E-state index contributed by atoms with van der Waals surface area (Å²) in [5, 5.41) is 2.65. The van der Waals surface area contributed by atoms with Gasteiger partial charge in [0, 0.05) is 38.3 Å². The van der Waals surface area contributed by atoms with Gasteiger partial charge in [0.15, 0.2) is 0 Å². The molecule has 2 amide bonds. The fourth-order valence-corrected chi connectivity index (χ4v) is 3.08. The Morgan fingerprint density at radius 3 is 2.46 bits per heavy atom. The summed E-state index contributed by atoms with van der Waals surface area (Å²) < 4.78 is 38.4. The highest BCUT2D eigenvalue weighted by molar-refractivity contribution is 5.90. The molecule has 5 nitrogen and oxygen atoms in total. The largest absolute Gasteiger partial charge is 0.416 e. The van der Waals surface area contributed by atoms with E-state index >= 15 is 0 Å².